The molecule has 0 radical (unpaired) electrons. The summed E-state index contributed by atoms with van der Waals surface area (Å²) >= 11 is 0. The van der Waals surface area contributed by atoms with Crippen LogP contribution in [-0.2, 0) is 6.54 Å². The zero-order valence-corrected chi connectivity index (χ0v) is 11.5. The summed E-state index contributed by atoms with van der Waals surface area (Å²) in [6, 6.07) is 13.1. The van der Waals surface area contributed by atoms with Gasteiger partial charge in [-0.25, -0.2) is 4.98 Å². The van der Waals surface area contributed by atoms with Gasteiger partial charge in [0, 0.05) is 25.4 Å². The predicted octanol–water partition coefficient (Wildman–Crippen LogP) is 2.79. The Kier molecular flexibility index (Phi) is 4.11. The number of nitriles is 1. The highest BCUT2D eigenvalue weighted by Gasteiger charge is 2.07. The molecule has 1 aromatic heterocycles. The lowest BCUT2D eigenvalue weighted by atomic mass is 10.1. The van der Waals surface area contributed by atoms with Crippen LogP contribution in [-0.4, -0.2) is 17.8 Å². The molecule has 0 N–H and O–H groups in total. The fourth-order valence-corrected chi connectivity index (χ4v) is 1.94. The predicted molar refractivity (Wildman–Crippen MR) is 77.5 cm³/mol. The van der Waals surface area contributed by atoms with Crippen LogP contribution in [0.3, 0.4) is 0 Å². The zero-order chi connectivity index (χ0) is 14.5. The maximum Gasteiger partial charge on any atom is 0.159 e. The lowest BCUT2D eigenvalue weighted by Crippen LogP contribution is -2.18. The van der Waals surface area contributed by atoms with Gasteiger partial charge >= 0.3 is 0 Å². The molecule has 1 heterocycles. The van der Waals surface area contributed by atoms with E-state index in [9.17, 15) is 4.79 Å². The van der Waals surface area contributed by atoms with Gasteiger partial charge in [0.2, 0.25) is 0 Å². The smallest absolute Gasteiger partial charge is 0.159 e. The van der Waals surface area contributed by atoms with Gasteiger partial charge in [-0.05, 0) is 36.8 Å². The fourth-order valence-electron chi connectivity index (χ4n) is 1.94. The summed E-state index contributed by atoms with van der Waals surface area (Å²) in [7, 11) is 1.91. The molecule has 0 spiro atoms. The number of carbonyl (C=O) groups excluding carboxylic acids is 1. The maximum absolute atomic E-state index is 11.4. The quantitative estimate of drug-likeness (QED) is 0.798. The molecule has 0 atom stereocenters. The van der Waals surface area contributed by atoms with E-state index in [0.717, 1.165) is 11.4 Å². The second-order valence-electron chi connectivity index (χ2n) is 4.63. The highest BCUT2D eigenvalue weighted by molar-refractivity contribution is 5.94. The van der Waals surface area contributed by atoms with E-state index in [2.05, 4.69) is 11.1 Å². The number of rotatable bonds is 4. The van der Waals surface area contributed by atoms with E-state index in [1.165, 1.54) is 6.92 Å². The third-order valence-electron chi connectivity index (χ3n) is 3.02. The van der Waals surface area contributed by atoms with Crippen LogP contribution < -0.4 is 4.90 Å². The number of nitrogens with zero attached hydrogens (tertiary/aromatic N) is 3. The van der Waals surface area contributed by atoms with Crippen molar-refractivity contribution in [2.24, 2.45) is 0 Å². The lowest BCUT2D eigenvalue weighted by Gasteiger charge is -2.18. The minimum Gasteiger partial charge on any atom is -0.355 e. The van der Waals surface area contributed by atoms with Crippen LogP contribution >= 0.6 is 0 Å². The molecule has 2 aromatic rings. The second-order valence-corrected chi connectivity index (χ2v) is 4.63. The van der Waals surface area contributed by atoms with E-state index in [0.29, 0.717) is 17.7 Å². The Morgan fingerprint density at radius 2 is 2.15 bits per heavy atom. The third kappa shape index (κ3) is 3.21. The van der Waals surface area contributed by atoms with Crippen molar-refractivity contribution >= 4 is 11.6 Å². The van der Waals surface area contributed by atoms with Crippen LogP contribution in [0, 0.1) is 11.3 Å². The van der Waals surface area contributed by atoms with Crippen molar-refractivity contribution in [1.82, 2.24) is 4.98 Å². The molecule has 2 rings (SSSR count). The van der Waals surface area contributed by atoms with Crippen molar-refractivity contribution < 1.29 is 4.79 Å². The molecule has 0 aliphatic rings. The number of Topliss-reactive ketones (excluding diaryl/α,β-unsaturated/α-hetero) is 1. The van der Waals surface area contributed by atoms with E-state index < -0.39 is 0 Å². The summed E-state index contributed by atoms with van der Waals surface area (Å²) in [5, 5.41) is 8.90. The largest absolute Gasteiger partial charge is 0.355 e. The van der Waals surface area contributed by atoms with E-state index in [-0.39, 0.29) is 5.78 Å². The van der Waals surface area contributed by atoms with Crippen molar-refractivity contribution in [3.8, 4) is 6.07 Å². The van der Waals surface area contributed by atoms with Gasteiger partial charge in [0.05, 0.1) is 11.6 Å². The van der Waals surface area contributed by atoms with Crippen molar-refractivity contribution in [2.75, 3.05) is 11.9 Å². The van der Waals surface area contributed by atoms with Gasteiger partial charge in [0.1, 0.15) is 5.82 Å². The van der Waals surface area contributed by atoms with Crippen LogP contribution in [0.5, 0.6) is 0 Å². The monoisotopic (exact) mass is 265 g/mol. The minimum atomic E-state index is 0.0218. The SMILES string of the molecule is CC(=O)c1ccnc(N(C)Cc2cccc(C#N)c2)c1. The van der Waals surface area contributed by atoms with Gasteiger partial charge in [0.25, 0.3) is 0 Å². The highest BCUT2D eigenvalue weighted by atomic mass is 16.1. The highest BCUT2D eigenvalue weighted by Crippen LogP contribution is 2.15. The number of hydrogen-bond donors (Lipinski definition) is 0. The molecule has 100 valence electrons. The molecule has 4 nitrogen and oxygen atoms in total. The molecule has 0 saturated heterocycles. The topological polar surface area (TPSA) is 57.0 Å². The van der Waals surface area contributed by atoms with E-state index in [1.807, 2.05) is 30.1 Å². The minimum absolute atomic E-state index is 0.0218. The molecule has 1 aromatic carbocycles. The molecule has 0 aliphatic carbocycles. The molecule has 0 saturated carbocycles. The summed E-state index contributed by atoms with van der Waals surface area (Å²) in [6.45, 7) is 2.17. The molecule has 0 bridgehead atoms. The van der Waals surface area contributed by atoms with Gasteiger partial charge in [-0.15, -0.1) is 0 Å². The standard InChI is InChI=1S/C16H15N3O/c1-12(20)15-6-7-18-16(9-15)19(2)11-14-5-3-4-13(8-14)10-17/h3-9H,11H2,1-2H3. The van der Waals surface area contributed by atoms with Gasteiger partial charge in [-0.2, -0.15) is 5.26 Å². The average Bonchev–Trinajstić information content (AvgIpc) is 2.47. The van der Waals surface area contributed by atoms with Crippen LogP contribution in [0.15, 0.2) is 42.6 Å². The van der Waals surface area contributed by atoms with Gasteiger partial charge in [-0.3, -0.25) is 4.79 Å². The normalized spacial score (nSPS) is 9.85. The Hall–Kier alpha value is -2.67. The van der Waals surface area contributed by atoms with Gasteiger partial charge in [0.15, 0.2) is 5.78 Å². The molecule has 0 amide bonds. The fraction of sp³-hybridized carbons (Fsp3) is 0.188. The van der Waals surface area contributed by atoms with Crippen LogP contribution in [0.1, 0.15) is 28.4 Å². The summed E-state index contributed by atoms with van der Waals surface area (Å²) in [5.41, 5.74) is 2.32. The van der Waals surface area contributed by atoms with Crippen molar-refractivity contribution in [3.05, 3.63) is 59.3 Å². The Morgan fingerprint density at radius 3 is 2.85 bits per heavy atom. The maximum atomic E-state index is 11.4. The number of pyridine rings is 1. The first-order valence-corrected chi connectivity index (χ1v) is 6.27. The average molecular weight is 265 g/mol. The summed E-state index contributed by atoms with van der Waals surface area (Å²) in [5.74, 6) is 0.758. The Morgan fingerprint density at radius 1 is 1.35 bits per heavy atom. The number of hydrogen-bond acceptors (Lipinski definition) is 4. The van der Waals surface area contributed by atoms with E-state index in [4.69, 9.17) is 5.26 Å². The Labute approximate surface area is 118 Å². The number of aromatic nitrogens is 1. The van der Waals surface area contributed by atoms with Gasteiger partial charge in [-0.1, -0.05) is 12.1 Å². The van der Waals surface area contributed by atoms with Crippen LogP contribution in [0.2, 0.25) is 0 Å². The van der Waals surface area contributed by atoms with Crippen LogP contribution in [0.4, 0.5) is 5.82 Å². The van der Waals surface area contributed by atoms with Gasteiger partial charge < -0.3 is 4.90 Å². The second kappa shape index (κ2) is 5.98. The molecule has 0 fully saturated rings. The van der Waals surface area contributed by atoms with Crippen molar-refractivity contribution in [3.63, 3.8) is 0 Å². The molecular formula is C16H15N3O. The van der Waals surface area contributed by atoms with Crippen molar-refractivity contribution in [2.45, 2.75) is 13.5 Å². The molecule has 20 heavy (non-hydrogen) atoms. The summed E-state index contributed by atoms with van der Waals surface area (Å²) in [4.78, 5) is 17.6. The molecule has 4 heteroatoms. The number of benzene rings is 1. The first kappa shape index (κ1) is 13.8. The molecule has 0 unspecified atom stereocenters. The Bertz CT molecular complexity index is 673. The van der Waals surface area contributed by atoms with E-state index >= 15 is 0 Å². The van der Waals surface area contributed by atoms with Crippen LogP contribution in [0.25, 0.3) is 0 Å². The van der Waals surface area contributed by atoms with Crippen molar-refractivity contribution in [1.29, 1.82) is 5.26 Å². The molecular weight excluding hydrogens is 250 g/mol. The number of carbonyl (C=O) groups is 1. The summed E-state index contributed by atoms with van der Waals surface area (Å²) < 4.78 is 0. The first-order chi connectivity index (χ1) is 9.60. The summed E-state index contributed by atoms with van der Waals surface area (Å²) in [6.07, 6.45) is 1.63. The Balaban J connectivity index is 2.19. The first-order valence-electron chi connectivity index (χ1n) is 6.27. The number of anilines is 1. The number of ketones is 1. The third-order valence-corrected chi connectivity index (χ3v) is 3.02. The zero-order valence-electron chi connectivity index (χ0n) is 11.5. The van der Waals surface area contributed by atoms with E-state index in [1.54, 1.807) is 24.4 Å². The lowest BCUT2D eigenvalue weighted by molar-refractivity contribution is 0.101. The molecule has 0 aliphatic heterocycles.